The Morgan fingerprint density at radius 1 is 1.07 bits per heavy atom. The molecule has 2 aromatic rings. The number of hydrogen-bond acceptors (Lipinski definition) is 4. The predicted octanol–water partition coefficient (Wildman–Crippen LogP) is 2.05. The molecular formula is C11H13NO3. The molecule has 2 aromatic heterocycles. The van der Waals surface area contributed by atoms with Crippen LogP contribution in [0.4, 0.5) is 0 Å². The van der Waals surface area contributed by atoms with E-state index >= 15 is 0 Å². The van der Waals surface area contributed by atoms with Crippen molar-refractivity contribution in [3.05, 3.63) is 47.8 Å². The zero-order valence-corrected chi connectivity index (χ0v) is 8.31. The van der Waals surface area contributed by atoms with E-state index in [0.717, 1.165) is 17.3 Å². The highest BCUT2D eigenvalue weighted by Crippen LogP contribution is 2.10. The third-order valence-electron chi connectivity index (χ3n) is 1.99. The van der Waals surface area contributed by atoms with Gasteiger partial charge in [0.25, 0.3) is 0 Å². The third-order valence-corrected chi connectivity index (χ3v) is 1.99. The van der Waals surface area contributed by atoms with Crippen LogP contribution < -0.4 is 5.73 Å². The molecule has 2 N–H and O–H groups in total. The lowest BCUT2D eigenvalue weighted by molar-refractivity contribution is 0.0796. The van der Waals surface area contributed by atoms with Crippen molar-refractivity contribution >= 4 is 0 Å². The van der Waals surface area contributed by atoms with E-state index in [0.29, 0.717) is 19.8 Å². The monoisotopic (exact) mass is 207 g/mol. The number of nitrogens with two attached hydrogens (primary N) is 1. The highest BCUT2D eigenvalue weighted by atomic mass is 16.5. The Kier molecular flexibility index (Phi) is 3.22. The van der Waals surface area contributed by atoms with Crippen molar-refractivity contribution in [1.82, 2.24) is 0 Å². The molecule has 0 saturated heterocycles. The molecule has 0 bridgehead atoms. The Hall–Kier alpha value is -1.52. The van der Waals surface area contributed by atoms with Crippen LogP contribution in [0, 0.1) is 0 Å². The minimum atomic E-state index is 0.415. The lowest BCUT2D eigenvalue weighted by Gasteiger charge is -1.98. The number of ether oxygens (including phenoxy) is 1. The SMILES string of the molecule is NCc1ccc(COCc2ccco2)o1. The second kappa shape index (κ2) is 4.82. The summed E-state index contributed by atoms with van der Waals surface area (Å²) in [4.78, 5) is 0. The summed E-state index contributed by atoms with van der Waals surface area (Å²) in [6.07, 6.45) is 1.62. The minimum Gasteiger partial charge on any atom is -0.467 e. The maximum atomic E-state index is 5.42. The van der Waals surface area contributed by atoms with Gasteiger partial charge in [-0.05, 0) is 24.3 Å². The maximum absolute atomic E-state index is 5.42. The molecule has 0 fully saturated rings. The van der Waals surface area contributed by atoms with Crippen LogP contribution in [0.15, 0.2) is 39.4 Å². The average Bonchev–Trinajstić information content (AvgIpc) is 2.88. The molecule has 0 aliphatic carbocycles. The summed E-state index contributed by atoms with van der Waals surface area (Å²) in [7, 11) is 0. The van der Waals surface area contributed by atoms with Crippen LogP contribution in [0.1, 0.15) is 17.3 Å². The van der Waals surface area contributed by atoms with Crippen molar-refractivity contribution in [2.24, 2.45) is 5.73 Å². The van der Waals surface area contributed by atoms with Crippen molar-refractivity contribution in [1.29, 1.82) is 0 Å². The van der Waals surface area contributed by atoms with E-state index in [1.54, 1.807) is 6.26 Å². The zero-order chi connectivity index (χ0) is 10.5. The lowest BCUT2D eigenvalue weighted by Crippen LogP contribution is -1.94. The average molecular weight is 207 g/mol. The van der Waals surface area contributed by atoms with E-state index in [1.165, 1.54) is 0 Å². The van der Waals surface area contributed by atoms with Crippen LogP contribution in [-0.2, 0) is 24.5 Å². The van der Waals surface area contributed by atoms with Gasteiger partial charge in [-0.1, -0.05) is 0 Å². The van der Waals surface area contributed by atoms with Gasteiger partial charge in [0.1, 0.15) is 30.5 Å². The fraction of sp³-hybridized carbons (Fsp3) is 0.273. The van der Waals surface area contributed by atoms with Gasteiger partial charge in [-0.15, -0.1) is 0 Å². The first-order chi connectivity index (χ1) is 7.38. The van der Waals surface area contributed by atoms with Crippen LogP contribution in [0.2, 0.25) is 0 Å². The summed E-state index contributed by atoms with van der Waals surface area (Å²) < 4.78 is 15.9. The first kappa shape index (κ1) is 10.0. The van der Waals surface area contributed by atoms with Crippen molar-refractivity contribution in [3.8, 4) is 0 Å². The third kappa shape index (κ3) is 2.71. The van der Waals surface area contributed by atoms with Crippen molar-refractivity contribution in [3.63, 3.8) is 0 Å². The molecule has 0 aromatic carbocycles. The molecule has 0 aliphatic rings. The van der Waals surface area contributed by atoms with Crippen molar-refractivity contribution < 1.29 is 13.6 Å². The number of hydrogen-bond donors (Lipinski definition) is 1. The zero-order valence-electron chi connectivity index (χ0n) is 8.31. The lowest BCUT2D eigenvalue weighted by atomic mass is 10.4. The van der Waals surface area contributed by atoms with Crippen LogP contribution in [0.25, 0.3) is 0 Å². The van der Waals surface area contributed by atoms with E-state index in [9.17, 15) is 0 Å². The Balaban J connectivity index is 1.78. The van der Waals surface area contributed by atoms with E-state index in [-0.39, 0.29) is 0 Å². The smallest absolute Gasteiger partial charge is 0.129 e. The molecule has 0 spiro atoms. The largest absolute Gasteiger partial charge is 0.467 e. The predicted molar refractivity (Wildman–Crippen MR) is 53.8 cm³/mol. The van der Waals surface area contributed by atoms with E-state index < -0.39 is 0 Å². The number of furan rings is 2. The molecule has 0 saturated carbocycles. The normalized spacial score (nSPS) is 10.7. The summed E-state index contributed by atoms with van der Waals surface area (Å²) in [6.45, 7) is 1.30. The van der Waals surface area contributed by atoms with Gasteiger partial charge >= 0.3 is 0 Å². The summed E-state index contributed by atoms with van der Waals surface area (Å²) in [5.41, 5.74) is 5.42. The Labute approximate surface area is 87.6 Å². The first-order valence-electron chi connectivity index (χ1n) is 4.76. The first-order valence-corrected chi connectivity index (χ1v) is 4.76. The van der Waals surface area contributed by atoms with E-state index in [1.807, 2.05) is 24.3 Å². The molecule has 2 heterocycles. The van der Waals surface area contributed by atoms with Crippen LogP contribution in [0.3, 0.4) is 0 Å². The second-order valence-electron chi connectivity index (χ2n) is 3.14. The highest BCUT2D eigenvalue weighted by Gasteiger charge is 2.01. The van der Waals surface area contributed by atoms with Crippen molar-refractivity contribution in [2.45, 2.75) is 19.8 Å². The summed E-state index contributed by atoms with van der Waals surface area (Å²) >= 11 is 0. The second-order valence-corrected chi connectivity index (χ2v) is 3.14. The van der Waals surface area contributed by atoms with E-state index in [4.69, 9.17) is 19.3 Å². The molecule has 2 rings (SSSR count). The quantitative estimate of drug-likeness (QED) is 0.815. The Morgan fingerprint density at radius 3 is 2.53 bits per heavy atom. The molecule has 0 amide bonds. The number of rotatable bonds is 5. The van der Waals surface area contributed by atoms with Gasteiger partial charge in [0.15, 0.2) is 0 Å². The van der Waals surface area contributed by atoms with E-state index in [2.05, 4.69) is 0 Å². The molecule has 4 heteroatoms. The van der Waals surface area contributed by atoms with Crippen molar-refractivity contribution in [2.75, 3.05) is 0 Å². The summed E-state index contributed by atoms with van der Waals surface area (Å²) in [6, 6.07) is 7.42. The van der Waals surface area contributed by atoms with Crippen LogP contribution in [0.5, 0.6) is 0 Å². The van der Waals surface area contributed by atoms with Gasteiger partial charge in [0.2, 0.25) is 0 Å². The molecule has 4 nitrogen and oxygen atoms in total. The van der Waals surface area contributed by atoms with Gasteiger partial charge in [-0.2, -0.15) is 0 Å². The van der Waals surface area contributed by atoms with Gasteiger partial charge in [0, 0.05) is 0 Å². The summed E-state index contributed by atoms with van der Waals surface area (Å²) in [5.74, 6) is 2.36. The Morgan fingerprint density at radius 2 is 1.87 bits per heavy atom. The minimum absolute atomic E-state index is 0.415. The molecule has 0 radical (unpaired) electrons. The molecule has 0 aliphatic heterocycles. The Bertz CT molecular complexity index is 392. The molecule has 15 heavy (non-hydrogen) atoms. The molecular weight excluding hydrogens is 194 g/mol. The summed E-state index contributed by atoms with van der Waals surface area (Å²) in [5, 5.41) is 0. The van der Waals surface area contributed by atoms with Gasteiger partial charge in [-0.25, -0.2) is 0 Å². The van der Waals surface area contributed by atoms with Gasteiger partial charge in [0.05, 0.1) is 12.8 Å². The molecule has 80 valence electrons. The van der Waals surface area contributed by atoms with Crippen LogP contribution >= 0.6 is 0 Å². The van der Waals surface area contributed by atoms with Gasteiger partial charge in [-0.3, -0.25) is 0 Å². The molecule has 0 unspecified atom stereocenters. The molecule has 0 atom stereocenters. The topological polar surface area (TPSA) is 61.5 Å². The maximum Gasteiger partial charge on any atom is 0.129 e. The fourth-order valence-electron chi connectivity index (χ4n) is 1.26. The highest BCUT2D eigenvalue weighted by molar-refractivity contribution is 5.06. The fourth-order valence-corrected chi connectivity index (χ4v) is 1.26. The standard InChI is InChI=1S/C11H13NO3/c12-6-9-3-4-11(15-9)8-13-7-10-2-1-5-14-10/h1-5H,6-8,12H2. The van der Waals surface area contributed by atoms with Crippen LogP contribution in [-0.4, -0.2) is 0 Å². The van der Waals surface area contributed by atoms with Gasteiger partial charge < -0.3 is 19.3 Å².